The first kappa shape index (κ1) is 27.5. The van der Waals surface area contributed by atoms with Crippen LogP contribution in [0.2, 0.25) is 0 Å². The minimum absolute atomic E-state index is 0.00249. The molecule has 0 bridgehead atoms. The lowest BCUT2D eigenvalue weighted by Gasteiger charge is -2.41. The number of ether oxygens (including phenoxy) is 1. The van der Waals surface area contributed by atoms with Crippen LogP contribution in [0.25, 0.3) is 0 Å². The van der Waals surface area contributed by atoms with E-state index in [0.29, 0.717) is 26.0 Å². The Labute approximate surface area is 192 Å². The van der Waals surface area contributed by atoms with Crippen molar-refractivity contribution in [3.63, 3.8) is 0 Å². The third-order valence-electron chi connectivity index (χ3n) is 4.93. The number of hydrogen-bond acceptors (Lipinski definition) is 8. The van der Waals surface area contributed by atoms with Crippen LogP contribution in [0.5, 0.6) is 0 Å². The molecule has 0 atom stereocenters. The summed E-state index contributed by atoms with van der Waals surface area (Å²) < 4.78 is 6.78. The fourth-order valence-corrected chi connectivity index (χ4v) is 3.39. The van der Waals surface area contributed by atoms with Crippen LogP contribution in [0.3, 0.4) is 0 Å². The lowest BCUT2D eigenvalue weighted by atomic mass is 9.86. The van der Waals surface area contributed by atoms with Crippen molar-refractivity contribution in [2.45, 2.75) is 24.9 Å². The number of aryl methyl sites for hydroxylation is 1. The van der Waals surface area contributed by atoms with E-state index in [9.17, 15) is 4.79 Å². The van der Waals surface area contributed by atoms with E-state index in [2.05, 4.69) is 25.6 Å². The van der Waals surface area contributed by atoms with Crippen LogP contribution in [-0.2, 0) is 32.7 Å². The van der Waals surface area contributed by atoms with Crippen LogP contribution in [0.1, 0.15) is 18.5 Å². The average molecular weight is 465 g/mol. The van der Waals surface area contributed by atoms with Gasteiger partial charge in [0.25, 0.3) is 12.9 Å². The average Bonchev–Trinajstić information content (AvgIpc) is 3.21. The van der Waals surface area contributed by atoms with Crippen LogP contribution in [0.15, 0.2) is 36.7 Å². The van der Waals surface area contributed by atoms with E-state index in [4.69, 9.17) is 24.5 Å². The molecule has 0 unspecified atom stereocenters. The van der Waals surface area contributed by atoms with Gasteiger partial charge in [0.2, 0.25) is 5.91 Å². The van der Waals surface area contributed by atoms with Crippen molar-refractivity contribution in [2.24, 2.45) is 7.05 Å². The van der Waals surface area contributed by atoms with Crippen LogP contribution < -0.4 is 10.6 Å². The van der Waals surface area contributed by atoms with E-state index in [1.54, 1.807) is 11.8 Å². The lowest BCUT2D eigenvalue weighted by Crippen LogP contribution is -2.58. The second kappa shape index (κ2) is 15.3. The standard InChI is InChI=1S/C19H28N6O2.2CH2O2/c1-24-11-6-17(23-24)22-19(18(26)21-10-14-27-2)7-12-25(13-8-19)15-16-5-3-4-9-20-16;2*2-1-3/h3-6,9,11H,7-8,10,12-15H2,1-2H3,(H,21,26)(H,22,23);2*1H,(H,2,3). The highest BCUT2D eigenvalue weighted by Crippen LogP contribution is 2.27. The van der Waals surface area contributed by atoms with Gasteiger partial charge in [0, 0.05) is 58.8 Å². The van der Waals surface area contributed by atoms with E-state index in [-0.39, 0.29) is 18.9 Å². The minimum atomic E-state index is -0.664. The zero-order chi connectivity index (χ0) is 24.5. The fourth-order valence-electron chi connectivity index (χ4n) is 3.39. The van der Waals surface area contributed by atoms with Gasteiger partial charge in [-0.3, -0.25) is 28.9 Å². The summed E-state index contributed by atoms with van der Waals surface area (Å²) in [6.07, 6.45) is 5.09. The molecule has 0 saturated carbocycles. The molecule has 33 heavy (non-hydrogen) atoms. The number of likely N-dealkylation sites (tertiary alicyclic amines) is 1. The third-order valence-corrected chi connectivity index (χ3v) is 4.93. The molecule has 12 nitrogen and oxygen atoms in total. The van der Waals surface area contributed by atoms with Gasteiger partial charge >= 0.3 is 0 Å². The Morgan fingerprint density at radius 1 is 1.21 bits per heavy atom. The third kappa shape index (κ3) is 9.66. The molecule has 0 aromatic carbocycles. The molecule has 182 valence electrons. The maximum atomic E-state index is 13.0. The Hall–Kier alpha value is -3.51. The maximum Gasteiger partial charge on any atom is 0.290 e. The zero-order valence-electron chi connectivity index (χ0n) is 18.9. The Morgan fingerprint density at radius 2 is 1.88 bits per heavy atom. The van der Waals surface area contributed by atoms with Gasteiger partial charge in [0.1, 0.15) is 11.4 Å². The number of aromatic nitrogens is 3. The number of pyridine rings is 1. The van der Waals surface area contributed by atoms with Crippen molar-refractivity contribution in [3.05, 3.63) is 42.4 Å². The van der Waals surface area contributed by atoms with Gasteiger partial charge in [-0.25, -0.2) is 0 Å². The highest BCUT2D eigenvalue weighted by Gasteiger charge is 2.41. The van der Waals surface area contributed by atoms with Crippen molar-refractivity contribution < 1.29 is 29.3 Å². The number of nitrogens with one attached hydrogen (secondary N) is 2. The first-order valence-electron chi connectivity index (χ1n) is 10.3. The molecule has 2 aromatic rings. The van der Waals surface area contributed by atoms with Gasteiger partial charge in [-0.15, -0.1) is 0 Å². The van der Waals surface area contributed by atoms with Gasteiger partial charge in [0.05, 0.1) is 12.3 Å². The molecule has 0 spiro atoms. The molecule has 3 heterocycles. The van der Waals surface area contributed by atoms with Crippen molar-refractivity contribution in [3.8, 4) is 0 Å². The number of hydrogen-bond donors (Lipinski definition) is 4. The zero-order valence-corrected chi connectivity index (χ0v) is 18.9. The van der Waals surface area contributed by atoms with E-state index in [0.717, 1.165) is 31.1 Å². The maximum absolute atomic E-state index is 13.0. The Morgan fingerprint density at radius 3 is 2.39 bits per heavy atom. The molecule has 0 aliphatic carbocycles. The number of anilines is 1. The molecule has 1 aliphatic rings. The fraction of sp³-hybridized carbons (Fsp3) is 0.476. The largest absolute Gasteiger partial charge is 0.483 e. The SMILES string of the molecule is COCCNC(=O)C1(Nc2ccn(C)n2)CCN(Cc2ccccn2)CC1.O=CO.O=CO. The Balaban J connectivity index is 0.000000819. The summed E-state index contributed by atoms with van der Waals surface area (Å²) in [5.74, 6) is 0.722. The molecule has 0 radical (unpaired) electrons. The number of piperidine rings is 1. The van der Waals surface area contributed by atoms with Crippen LogP contribution in [-0.4, -0.2) is 87.6 Å². The topological polar surface area (TPSA) is 159 Å². The molecule has 2 aromatic heterocycles. The summed E-state index contributed by atoms with van der Waals surface area (Å²) in [6, 6.07) is 7.85. The number of rotatable bonds is 8. The molecular weight excluding hydrogens is 432 g/mol. The number of amides is 1. The summed E-state index contributed by atoms with van der Waals surface area (Å²) >= 11 is 0. The molecule has 1 aliphatic heterocycles. The first-order valence-corrected chi connectivity index (χ1v) is 10.3. The molecule has 1 fully saturated rings. The summed E-state index contributed by atoms with van der Waals surface area (Å²) in [6.45, 7) is 2.92. The van der Waals surface area contributed by atoms with Gasteiger partial charge in [-0.05, 0) is 25.0 Å². The van der Waals surface area contributed by atoms with Crippen LogP contribution in [0.4, 0.5) is 5.82 Å². The smallest absolute Gasteiger partial charge is 0.290 e. The molecule has 1 saturated heterocycles. The van der Waals surface area contributed by atoms with Gasteiger partial charge in [0.15, 0.2) is 0 Å². The number of carbonyl (C=O) groups excluding carboxylic acids is 1. The first-order chi connectivity index (χ1) is 15.9. The summed E-state index contributed by atoms with van der Waals surface area (Å²) in [5, 5.41) is 24.6. The Bertz CT molecular complexity index is 818. The van der Waals surface area contributed by atoms with Gasteiger partial charge < -0.3 is 25.6 Å². The van der Waals surface area contributed by atoms with Crippen molar-refractivity contribution in [2.75, 3.05) is 38.7 Å². The van der Waals surface area contributed by atoms with Crippen LogP contribution >= 0.6 is 0 Å². The monoisotopic (exact) mass is 464 g/mol. The summed E-state index contributed by atoms with van der Waals surface area (Å²) in [5.41, 5.74) is 0.384. The molecule has 12 heteroatoms. The van der Waals surface area contributed by atoms with E-state index >= 15 is 0 Å². The van der Waals surface area contributed by atoms with Gasteiger partial charge in [-0.2, -0.15) is 5.10 Å². The predicted octanol–water partition coefficient (Wildman–Crippen LogP) is 0.426. The second-order valence-electron chi connectivity index (χ2n) is 7.14. The van der Waals surface area contributed by atoms with Crippen LogP contribution in [0, 0.1) is 0 Å². The normalized spacial score (nSPS) is 14.5. The van der Waals surface area contributed by atoms with E-state index in [1.807, 2.05) is 43.7 Å². The summed E-state index contributed by atoms with van der Waals surface area (Å²) in [7, 11) is 3.50. The van der Waals surface area contributed by atoms with Crippen molar-refractivity contribution in [1.29, 1.82) is 0 Å². The minimum Gasteiger partial charge on any atom is -0.483 e. The van der Waals surface area contributed by atoms with E-state index < -0.39 is 5.54 Å². The summed E-state index contributed by atoms with van der Waals surface area (Å²) in [4.78, 5) is 36.4. The number of carboxylic acid groups (broad SMARTS) is 2. The van der Waals surface area contributed by atoms with Crippen molar-refractivity contribution >= 4 is 24.7 Å². The highest BCUT2D eigenvalue weighted by atomic mass is 16.5. The highest BCUT2D eigenvalue weighted by molar-refractivity contribution is 5.89. The van der Waals surface area contributed by atoms with E-state index in [1.165, 1.54) is 0 Å². The quantitative estimate of drug-likeness (QED) is 0.319. The molecular formula is C21H32N6O6. The molecule has 4 N–H and O–H groups in total. The van der Waals surface area contributed by atoms with Gasteiger partial charge in [-0.1, -0.05) is 6.07 Å². The molecule has 1 amide bonds. The number of methoxy groups -OCH3 is 1. The Kier molecular flexibility index (Phi) is 12.8. The number of nitrogens with zero attached hydrogens (tertiary/aromatic N) is 4. The molecule has 3 rings (SSSR count). The van der Waals surface area contributed by atoms with Crippen molar-refractivity contribution in [1.82, 2.24) is 25.0 Å². The second-order valence-corrected chi connectivity index (χ2v) is 7.14. The number of carbonyl (C=O) groups is 3. The predicted molar refractivity (Wildman–Crippen MR) is 121 cm³/mol. The lowest BCUT2D eigenvalue weighted by molar-refractivity contribution is -0.127.